The van der Waals surface area contributed by atoms with Crippen LogP contribution in [0.15, 0.2) is 59.1 Å². The summed E-state index contributed by atoms with van der Waals surface area (Å²) in [6.45, 7) is 1.48. The first-order chi connectivity index (χ1) is 13.0. The fourth-order valence-electron chi connectivity index (χ4n) is 3.08. The number of ketones is 1. The fraction of sp³-hybridized carbons (Fsp3) is 0.190. The maximum absolute atomic E-state index is 14.0. The summed E-state index contributed by atoms with van der Waals surface area (Å²) in [7, 11) is 0. The van der Waals surface area contributed by atoms with Gasteiger partial charge in [-0.05, 0) is 44.0 Å². The van der Waals surface area contributed by atoms with Crippen LogP contribution in [0.3, 0.4) is 0 Å². The van der Waals surface area contributed by atoms with Gasteiger partial charge in [0.15, 0.2) is 11.5 Å². The lowest BCUT2D eigenvalue weighted by atomic mass is 10.00. The summed E-state index contributed by atoms with van der Waals surface area (Å²) in [6.07, 6.45) is 1.27. The molecule has 0 spiro atoms. The number of amides is 1. The molecule has 3 aromatic rings. The maximum atomic E-state index is 14.0. The van der Waals surface area contributed by atoms with Crippen LogP contribution < -0.4 is 5.32 Å². The number of Topliss-reactive ketones (excluding diaryl/α,β-unsaturated/α-hetero) is 1. The van der Waals surface area contributed by atoms with Gasteiger partial charge in [-0.25, -0.2) is 4.39 Å². The number of hydrogen-bond donors (Lipinski definition) is 1. The van der Waals surface area contributed by atoms with Gasteiger partial charge in [-0.1, -0.05) is 29.4 Å². The third-order valence-corrected chi connectivity index (χ3v) is 4.85. The monoisotopic (exact) mass is 364 g/mol. The minimum Gasteiger partial charge on any atom is -0.356 e. The summed E-state index contributed by atoms with van der Waals surface area (Å²) < 4.78 is 19.2. The average Bonchev–Trinajstić information content (AvgIpc) is 3.33. The molecule has 27 heavy (non-hydrogen) atoms. The Morgan fingerprint density at radius 3 is 2.59 bits per heavy atom. The minimum absolute atomic E-state index is 0.0711. The largest absolute Gasteiger partial charge is 0.356 e. The Balaban J connectivity index is 1.58. The van der Waals surface area contributed by atoms with Crippen molar-refractivity contribution in [2.45, 2.75) is 25.2 Å². The van der Waals surface area contributed by atoms with Crippen molar-refractivity contribution < 1.29 is 18.5 Å². The van der Waals surface area contributed by atoms with E-state index in [4.69, 9.17) is 4.52 Å². The van der Waals surface area contributed by atoms with Gasteiger partial charge in [-0.3, -0.25) is 9.59 Å². The zero-order valence-corrected chi connectivity index (χ0v) is 14.7. The molecule has 0 aliphatic heterocycles. The quantitative estimate of drug-likeness (QED) is 0.683. The Hall–Kier alpha value is -3.28. The van der Waals surface area contributed by atoms with Crippen molar-refractivity contribution in [3.05, 3.63) is 71.7 Å². The first-order valence-corrected chi connectivity index (χ1v) is 8.64. The highest BCUT2D eigenvalue weighted by atomic mass is 19.1. The van der Waals surface area contributed by atoms with Gasteiger partial charge < -0.3 is 9.84 Å². The molecule has 0 radical (unpaired) electrons. The number of anilines is 1. The first kappa shape index (κ1) is 17.1. The molecule has 1 fully saturated rings. The number of hydrogen-bond acceptors (Lipinski definition) is 4. The van der Waals surface area contributed by atoms with E-state index in [1.807, 2.05) is 0 Å². The van der Waals surface area contributed by atoms with E-state index in [1.54, 1.807) is 48.5 Å². The van der Waals surface area contributed by atoms with Gasteiger partial charge in [0.25, 0.3) is 0 Å². The maximum Gasteiger partial charge on any atom is 0.236 e. The van der Waals surface area contributed by atoms with E-state index in [0.29, 0.717) is 41.1 Å². The topological polar surface area (TPSA) is 72.2 Å². The molecule has 5 nitrogen and oxygen atoms in total. The predicted molar refractivity (Wildman–Crippen MR) is 97.9 cm³/mol. The molecular formula is C21H17FN2O3. The van der Waals surface area contributed by atoms with Gasteiger partial charge in [0.05, 0.1) is 16.7 Å². The van der Waals surface area contributed by atoms with Crippen LogP contribution in [0.2, 0.25) is 0 Å². The normalized spacial score (nSPS) is 14.6. The zero-order valence-electron chi connectivity index (χ0n) is 14.7. The molecule has 1 aromatic heterocycles. The second-order valence-electron chi connectivity index (χ2n) is 6.73. The van der Waals surface area contributed by atoms with Crippen LogP contribution >= 0.6 is 0 Å². The number of nitrogens with zero attached hydrogens (tertiary/aromatic N) is 1. The second kappa shape index (κ2) is 6.46. The Kier molecular flexibility index (Phi) is 4.11. The van der Waals surface area contributed by atoms with Crippen LogP contribution in [-0.4, -0.2) is 16.8 Å². The van der Waals surface area contributed by atoms with Crippen LogP contribution in [0, 0.1) is 5.82 Å². The van der Waals surface area contributed by atoms with E-state index in [9.17, 15) is 14.0 Å². The molecule has 0 saturated heterocycles. The number of nitrogens with one attached hydrogen (secondary N) is 1. The highest BCUT2D eigenvalue weighted by Gasteiger charge is 2.53. The third-order valence-electron chi connectivity index (χ3n) is 4.85. The lowest BCUT2D eigenvalue weighted by molar-refractivity contribution is -0.118. The molecule has 6 heteroatoms. The van der Waals surface area contributed by atoms with E-state index in [1.165, 1.54) is 13.0 Å². The Morgan fingerprint density at radius 2 is 1.89 bits per heavy atom. The molecule has 1 N–H and O–H groups in total. The third kappa shape index (κ3) is 3.14. The van der Waals surface area contributed by atoms with Crippen LogP contribution in [0.25, 0.3) is 11.3 Å². The van der Waals surface area contributed by atoms with Crippen molar-refractivity contribution in [1.29, 1.82) is 0 Å². The Morgan fingerprint density at radius 1 is 1.11 bits per heavy atom. The van der Waals surface area contributed by atoms with Crippen molar-refractivity contribution in [2.24, 2.45) is 0 Å². The van der Waals surface area contributed by atoms with Gasteiger partial charge in [0.2, 0.25) is 5.91 Å². The number of aromatic nitrogens is 1. The van der Waals surface area contributed by atoms with Crippen molar-refractivity contribution >= 4 is 17.4 Å². The van der Waals surface area contributed by atoms with E-state index in [2.05, 4.69) is 10.5 Å². The van der Waals surface area contributed by atoms with Crippen LogP contribution in [0.4, 0.5) is 10.1 Å². The highest BCUT2D eigenvalue weighted by Crippen LogP contribution is 2.49. The number of carbonyl (C=O) groups excluding carboxylic acids is 2. The lowest BCUT2D eigenvalue weighted by Crippen LogP contribution is -2.28. The average molecular weight is 364 g/mol. The summed E-state index contributed by atoms with van der Waals surface area (Å²) in [5, 5.41) is 6.87. The minimum atomic E-state index is -0.779. The molecule has 1 aliphatic carbocycles. The molecule has 1 amide bonds. The molecule has 1 heterocycles. The van der Waals surface area contributed by atoms with Gasteiger partial charge >= 0.3 is 0 Å². The number of carbonyl (C=O) groups is 2. The second-order valence-corrected chi connectivity index (χ2v) is 6.73. The molecule has 0 unspecified atom stereocenters. The number of rotatable bonds is 5. The summed E-state index contributed by atoms with van der Waals surface area (Å²) in [6, 6.07) is 14.7. The molecule has 1 saturated carbocycles. The number of halogens is 1. The van der Waals surface area contributed by atoms with Gasteiger partial charge in [-0.15, -0.1) is 0 Å². The standard InChI is InChI=1S/C21H17FN2O3/c1-13(25)14-5-4-6-15(11-14)23-20(26)21(9-10-21)19-12-18(27-24-19)16-7-2-3-8-17(16)22/h2-8,11-12H,9-10H2,1H3,(H,23,26). The Bertz CT molecular complexity index is 1040. The summed E-state index contributed by atoms with van der Waals surface area (Å²) in [5.41, 5.74) is 1.10. The Labute approximate surface area is 155 Å². The van der Waals surface area contributed by atoms with Crippen LogP contribution in [0.1, 0.15) is 35.8 Å². The molecule has 136 valence electrons. The molecule has 4 rings (SSSR count). The van der Waals surface area contributed by atoms with E-state index >= 15 is 0 Å². The number of benzene rings is 2. The van der Waals surface area contributed by atoms with Crippen molar-refractivity contribution in [2.75, 3.05) is 5.32 Å². The van der Waals surface area contributed by atoms with Gasteiger partial charge in [0, 0.05) is 17.3 Å². The van der Waals surface area contributed by atoms with Crippen LogP contribution in [0.5, 0.6) is 0 Å². The molecule has 0 atom stereocenters. The summed E-state index contributed by atoms with van der Waals surface area (Å²) >= 11 is 0. The van der Waals surface area contributed by atoms with E-state index < -0.39 is 11.2 Å². The first-order valence-electron chi connectivity index (χ1n) is 8.64. The molecule has 0 bridgehead atoms. The van der Waals surface area contributed by atoms with Crippen LogP contribution in [-0.2, 0) is 10.2 Å². The van der Waals surface area contributed by atoms with Crippen molar-refractivity contribution in [1.82, 2.24) is 5.16 Å². The van der Waals surface area contributed by atoms with Gasteiger partial charge in [0.1, 0.15) is 5.82 Å². The lowest BCUT2D eigenvalue weighted by Gasteiger charge is -2.13. The van der Waals surface area contributed by atoms with Gasteiger partial charge in [-0.2, -0.15) is 0 Å². The molecule has 2 aromatic carbocycles. The predicted octanol–water partition coefficient (Wildman–Crippen LogP) is 4.35. The van der Waals surface area contributed by atoms with Crippen molar-refractivity contribution in [3.63, 3.8) is 0 Å². The van der Waals surface area contributed by atoms with E-state index in [-0.39, 0.29) is 11.7 Å². The fourth-order valence-corrected chi connectivity index (χ4v) is 3.08. The smallest absolute Gasteiger partial charge is 0.236 e. The summed E-state index contributed by atoms with van der Waals surface area (Å²) in [4.78, 5) is 24.4. The SMILES string of the molecule is CC(=O)c1cccc(NC(=O)C2(c3cc(-c4ccccc4F)on3)CC2)c1. The summed E-state index contributed by atoms with van der Waals surface area (Å²) in [5.74, 6) is -0.397. The molecule has 1 aliphatic rings. The molecular weight excluding hydrogens is 347 g/mol. The van der Waals surface area contributed by atoms with E-state index in [0.717, 1.165) is 0 Å². The zero-order chi connectivity index (χ0) is 19.0. The van der Waals surface area contributed by atoms with Crippen molar-refractivity contribution in [3.8, 4) is 11.3 Å². The highest BCUT2D eigenvalue weighted by molar-refractivity contribution is 6.02.